The summed E-state index contributed by atoms with van der Waals surface area (Å²) in [5.41, 5.74) is 0.708. The fourth-order valence-corrected chi connectivity index (χ4v) is 3.06. The first kappa shape index (κ1) is 14.0. The lowest BCUT2D eigenvalue weighted by atomic mass is 10.1. The number of aromatic nitrogens is 5. The van der Waals surface area contributed by atoms with Gasteiger partial charge in [-0.15, -0.1) is 10.2 Å². The minimum absolute atomic E-state index is 0.0734. The van der Waals surface area contributed by atoms with Crippen molar-refractivity contribution in [3.8, 4) is 0 Å². The van der Waals surface area contributed by atoms with Crippen LogP contribution >= 0.6 is 0 Å². The minimum Gasteiger partial charge on any atom is -0.360 e. The predicted octanol–water partition coefficient (Wildman–Crippen LogP) is 2.87. The lowest BCUT2D eigenvalue weighted by Crippen LogP contribution is -2.18. The van der Waals surface area contributed by atoms with Crippen molar-refractivity contribution >= 4 is 16.7 Å². The average molecular weight is 312 g/mol. The van der Waals surface area contributed by atoms with E-state index >= 15 is 0 Å². The topological polar surface area (TPSA) is 68.5 Å². The summed E-state index contributed by atoms with van der Waals surface area (Å²) in [4.78, 5) is 8.44. The Bertz CT molecular complexity index is 859. The second-order valence-corrected chi connectivity index (χ2v) is 5.83. The second-order valence-electron chi connectivity index (χ2n) is 5.83. The fourth-order valence-electron chi connectivity index (χ4n) is 3.06. The Balaban J connectivity index is 1.68. The lowest BCUT2D eigenvalue weighted by Gasteiger charge is -2.19. The molecule has 0 saturated heterocycles. The van der Waals surface area contributed by atoms with Crippen molar-refractivity contribution in [1.29, 1.82) is 0 Å². The summed E-state index contributed by atoms with van der Waals surface area (Å²) in [7, 11) is 0. The van der Waals surface area contributed by atoms with E-state index in [2.05, 4.69) is 30.0 Å². The van der Waals surface area contributed by atoms with Crippen molar-refractivity contribution in [2.75, 3.05) is 5.32 Å². The summed E-state index contributed by atoms with van der Waals surface area (Å²) in [5, 5.41) is 12.6. The normalized spacial score (nSPS) is 15.4. The lowest BCUT2D eigenvalue weighted by molar-refractivity contribution is 0.500. The van der Waals surface area contributed by atoms with Gasteiger partial charge in [-0.2, -0.15) is 0 Å². The van der Waals surface area contributed by atoms with Gasteiger partial charge < -0.3 is 9.88 Å². The van der Waals surface area contributed by atoms with Crippen molar-refractivity contribution in [3.63, 3.8) is 0 Å². The first-order valence-corrected chi connectivity index (χ1v) is 7.81. The number of rotatable bonds is 3. The van der Waals surface area contributed by atoms with Crippen molar-refractivity contribution in [2.24, 2.45) is 0 Å². The molecule has 1 unspecified atom stereocenters. The van der Waals surface area contributed by atoms with E-state index in [1.54, 1.807) is 6.07 Å². The van der Waals surface area contributed by atoms with Crippen LogP contribution in [0.5, 0.6) is 0 Å². The van der Waals surface area contributed by atoms with Crippen LogP contribution in [0.1, 0.15) is 37.5 Å². The van der Waals surface area contributed by atoms with E-state index in [1.807, 2.05) is 6.92 Å². The smallest absolute Gasteiger partial charge is 0.155 e. The maximum Gasteiger partial charge on any atom is 0.155 e. The van der Waals surface area contributed by atoms with Gasteiger partial charge in [-0.1, -0.05) is 0 Å². The summed E-state index contributed by atoms with van der Waals surface area (Å²) >= 11 is 0. The Morgan fingerprint density at radius 2 is 2.13 bits per heavy atom. The molecule has 6 nitrogen and oxygen atoms in total. The zero-order valence-corrected chi connectivity index (χ0v) is 12.8. The minimum atomic E-state index is -0.303. The van der Waals surface area contributed by atoms with E-state index in [0.717, 1.165) is 37.5 Å². The molecule has 0 amide bonds. The monoisotopic (exact) mass is 312 g/mol. The molecule has 1 aliphatic heterocycles. The number of fused-ring (bicyclic) bond motifs is 2. The number of hydrogen-bond donors (Lipinski definition) is 1. The Morgan fingerprint density at radius 3 is 3.04 bits per heavy atom. The fraction of sp³-hybridized carbons (Fsp3) is 0.375. The van der Waals surface area contributed by atoms with Crippen molar-refractivity contribution in [3.05, 3.63) is 42.0 Å². The molecule has 3 aromatic rings. The Kier molecular flexibility index (Phi) is 3.40. The van der Waals surface area contributed by atoms with E-state index in [-0.39, 0.29) is 11.9 Å². The average Bonchev–Trinajstić information content (AvgIpc) is 2.99. The summed E-state index contributed by atoms with van der Waals surface area (Å²) in [5.74, 6) is 2.24. The molecule has 0 spiro atoms. The molecule has 7 heteroatoms. The van der Waals surface area contributed by atoms with Crippen LogP contribution in [0.4, 0.5) is 10.2 Å². The number of halogens is 1. The van der Waals surface area contributed by atoms with Gasteiger partial charge in [0.1, 0.15) is 23.8 Å². The highest BCUT2D eigenvalue weighted by molar-refractivity contribution is 5.88. The van der Waals surface area contributed by atoms with E-state index in [9.17, 15) is 4.39 Å². The zero-order chi connectivity index (χ0) is 15.8. The Morgan fingerprint density at radius 1 is 1.22 bits per heavy atom. The van der Waals surface area contributed by atoms with Crippen LogP contribution in [0.15, 0.2) is 24.5 Å². The maximum absolute atomic E-state index is 13.5. The molecule has 4 rings (SSSR count). The molecule has 1 atom stereocenters. The molecule has 23 heavy (non-hydrogen) atoms. The number of anilines is 1. The molecule has 3 heterocycles. The molecule has 118 valence electrons. The summed E-state index contributed by atoms with van der Waals surface area (Å²) in [6.45, 7) is 2.96. The Hall–Kier alpha value is -2.57. The van der Waals surface area contributed by atoms with Crippen LogP contribution in [0.25, 0.3) is 10.9 Å². The van der Waals surface area contributed by atoms with Crippen LogP contribution in [0.2, 0.25) is 0 Å². The highest BCUT2D eigenvalue weighted by Gasteiger charge is 2.20. The van der Waals surface area contributed by atoms with Gasteiger partial charge in [-0.25, -0.2) is 14.4 Å². The molecular formula is C16H17FN6. The summed E-state index contributed by atoms with van der Waals surface area (Å²) in [6, 6.07) is 4.43. The largest absolute Gasteiger partial charge is 0.360 e. The van der Waals surface area contributed by atoms with E-state index < -0.39 is 0 Å². The van der Waals surface area contributed by atoms with Gasteiger partial charge in [0.15, 0.2) is 5.82 Å². The molecule has 1 aromatic carbocycles. The van der Waals surface area contributed by atoms with Gasteiger partial charge in [-0.05, 0) is 38.0 Å². The molecule has 1 N–H and O–H groups in total. The van der Waals surface area contributed by atoms with Crippen LogP contribution in [0.3, 0.4) is 0 Å². The van der Waals surface area contributed by atoms with Gasteiger partial charge in [0.25, 0.3) is 0 Å². The van der Waals surface area contributed by atoms with Gasteiger partial charge in [0, 0.05) is 18.4 Å². The third-order valence-electron chi connectivity index (χ3n) is 4.23. The van der Waals surface area contributed by atoms with Crippen LogP contribution in [0, 0.1) is 5.82 Å². The van der Waals surface area contributed by atoms with Crippen molar-refractivity contribution in [1.82, 2.24) is 24.7 Å². The Labute approximate surface area is 132 Å². The predicted molar refractivity (Wildman–Crippen MR) is 84.5 cm³/mol. The molecule has 0 bridgehead atoms. The number of hydrogen-bond acceptors (Lipinski definition) is 5. The number of nitrogens with zero attached hydrogens (tertiary/aromatic N) is 5. The number of nitrogens with one attached hydrogen (secondary N) is 1. The van der Waals surface area contributed by atoms with E-state index in [0.29, 0.717) is 16.7 Å². The van der Waals surface area contributed by atoms with Crippen LogP contribution < -0.4 is 5.32 Å². The molecule has 0 saturated carbocycles. The zero-order valence-electron chi connectivity index (χ0n) is 12.8. The molecule has 0 radical (unpaired) electrons. The number of benzene rings is 1. The van der Waals surface area contributed by atoms with Crippen LogP contribution in [-0.2, 0) is 13.0 Å². The molecule has 2 aromatic heterocycles. The first-order chi connectivity index (χ1) is 11.2. The molecule has 0 aliphatic carbocycles. The maximum atomic E-state index is 13.5. The summed E-state index contributed by atoms with van der Waals surface area (Å²) in [6.07, 6.45) is 4.76. The van der Waals surface area contributed by atoms with E-state index in [4.69, 9.17) is 0 Å². The molecule has 0 fully saturated rings. The number of aryl methyl sites for hydroxylation is 1. The van der Waals surface area contributed by atoms with Gasteiger partial charge in [0.05, 0.1) is 11.6 Å². The second kappa shape index (κ2) is 5.57. The van der Waals surface area contributed by atoms with Gasteiger partial charge in [-0.3, -0.25) is 0 Å². The highest BCUT2D eigenvalue weighted by Crippen LogP contribution is 2.25. The van der Waals surface area contributed by atoms with Crippen LogP contribution in [-0.4, -0.2) is 24.7 Å². The SMILES string of the molecule is CC(Nc1ncnc2ccc(F)cc12)c1nnc2n1CCCC2. The summed E-state index contributed by atoms with van der Waals surface area (Å²) < 4.78 is 15.7. The molecule has 1 aliphatic rings. The van der Waals surface area contributed by atoms with Gasteiger partial charge >= 0.3 is 0 Å². The third-order valence-corrected chi connectivity index (χ3v) is 4.23. The van der Waals surface area contributed by atoms with Crippen molar-refractivity contribution < 1.29 is 4.39 Å². The third kappa shape index (κ3) is 2.52. The highest BCUT2D eigenvalue weighted by atomic mass is 19.1. The quantitative estimate of drug-likeness (QED) is 0.805. The standard InChI is InChI=1S/C16H17FN6/c1-10(16-22-21-14-4-2-3-7-23(14)16)20-15-12-8-11(17)5-6-13(12)18-9-19-15/h5-6,8-10H,2-4,7H2,1H3,(H,18,19,20). The van der Waals surface area contributed by atoms with Gasteiger partial charge in [0.2, 0.25) is 0 Å². The van der Waals surface area contributed by atoms with Crippen molar-refractivity contribution in [2.45, 2.75) is 38.8 Å². The van der Waals surface area contributed by atoms with E-state index in [1.165, 1.54) is 18.5 Å². The first-order valence-electron chi connectivity index (χ1n) is 7.81. The molecular weight excluding hydrogens is 295 g/mol.